The second-order valence-electron chi connectivity index (χ2n) is 2.37. The summed E-state index contributed by atoms with van der Waals surface area (Å²) in [6, 6.07) is 1.23. The largest absolute Gasteiger partial charge is 0.573 e. The van der Waals surface area contributed by atoms with Crippen molar-refractivity contribution in [2.24, 2.45) is 0 Å². The van der Waals surface area contributed by atoms with Crippen LogP contribution in [0.5, 0.6) is 11.5 Å². The summed E-state index contributed by atoms with van der Waals surface area (Å²) >= 11 is 0. The summed E-state index contributed by atoms with van der Waals surface area (Å²) in [7, 11) is 0. The Balaban J connectivity index is 3.28. The maximum atomic E-state index is 11.8. The number of aromatic amines is 1. The van der Waals surface area contributed by atoms with E-state index in [1.54, 1.807) is 4.98 Å². The van der Waals surface area contributed by atoms with E-state index in [2.05, 4.69) is 4.74 Å². The highest BCUT2D eigenvalue weighted by atomic mass is 19.4. The maximum Gasteiger partial charge on any atom is 0.573 e. The van der Waals surface area contributed by atoms with E-state index in [0.717, 1.165) is 0 Å². The molecule has 1 aromatic rings. The minimum absolute atomic E-state index is 0.550. The second-order valence-corrected chi connectivity index (χ2v) is 2.37. The van der Waals surface area contributed by atoms with Crippen LogP contribution >= 0.6 is 0 Å². The smallest absolute Gasteiger partial charge is 0.502 e. The van der Waals surface area contributed by atoms with Crippen molar-refractivity contribution in [3.63, 3.8) is 0 Å². The molecule has 0 amide bonds. The Morgan fingerprint density at radius 3 is 2.60 bits per heavy atom. The lowest BCUT2D eigenvalue weighted by atomic mass is 10.2. The molecule has 0 aromatic carbocycles. The quantitative estimate of drug-likeness (QED) is 0.734. The van der Waals surface area contributed by atoms with Gasteiger partial charge in [0.1, 0.15) is 11.6 Å². The zero-order valence-electron chi connectivity index (χ0n) is 6.92. The third-order valence-electron chi connectivity index (χ3n) is 1.37. The van der Waals surface area contributed by atoms with Crippen molar-refractivity contribution in [3.8, 4) is 17.6 Å². The molecule has 0 aliphatic rings. The molecular formula is C7H3F3N2O3. The minimum atomic E-state index is -5.00. The molecule has 0 unspecified atom stereocenters. The number of hydrogen-bond donors (Lipinski definition) is 2. The molecule has 5 nitrogen and oxygen atoms in total. The van der Waals surface area contributed by atoms with E-state index >= 15 is 0 Å². The van der Waals surface area contributed by atoms with Crippen LogP contribution < -0.4 is 10.3 Å². The average molecular weight is 220 g/mol. The summed E-state index contributed by atoms with van der Waals surface area (Å²) in [6.45, 7) is 0. The van der Waals surface area contributed by atoms with E-state index < -0.39 is 29.0 Å². The standard InChI is InChI=1S/C7H3F3N2O3/c8-7(9,10)15-4-2-12-6(14)5(13)3(4)1-11/h2,13H,(H,12,14). The molecule has 0 saturated heterocycles. The maximum absolute atomic E-state index is 11.8. The first-order valence-electron chi connectivity index (χ1n) is 3.45. The lowest BCUT2D eigenvalue weighted by Crippen LogP contribution is -2.19. The highest BCUT2D eigenvalue weighted by Crippen LogP contribution is 2.27. The molecule has 0 fully saturated rings. The monoisotopic (exact) mass is 220 g/mol. The molecule has 15 heavy (non-hydrogen) atoms. The van der Waals surface area contributed by atoms with Gasteiger partial charge < -0.3 is 14.8 Å². The van der Waals surface area contributed by atoms with Gasteiger partial charge in [0.2, 0.25) is 5.75 Å². The Morgan fingerprint density at radius 2 is 2.13 bits per heavy atom. The van der Waals surface area contributed by atoms with Gasteiger partial charge in [-0.2, -0.15) is 5.26 Å². The molecule has 0 aliphatic heterocycles. The van der Waals surface area contributed by atoms with Crippen LogP contribution in [0.2, 0.25) is 0 Å². The summed E-state index contributed by atoms with van der Waals surface area (Å²) in [4.78, 5) is 12.5. The molecule has 0 spiro atoms. The first-order valence-corrected chi connectivity index (χ1v) is 3.45. The van der Waals surface area contributed by atoms with Crippen LogP contribution in [0, 0.1) is 11.3 Å². The number of aromatic hydroxyl groups is 1. The highest BCUT2D eigenvalue weighted by Gasteiger charge is 2.33. The van der Waals surface area contributed by atoms with E-state index in [9.17, 15) is 18.0 Å². The summed E-state index contributed by atoms with van der Waals surface area (Å²) in [5.74, 6) is -2.07. The van der Waals surface area contributed by atoms with Crippen LogP contribution in [0.3, 0.4) is 0 Å². The fourth-order valence-electron chi connectivity index (χ4n) is 0.815. The van der Waals surface area contributed by atoms with Gasteiger partial charge in [-0.25, -0.2) is 0 Å². The highest BCUT2D eigenvalue weighted by molar-refractivity contribution is 5.49. The Kier molecular flexibility index (Phi) is 2.57. The lowest BCUT2D eigenvalue weighted by Gasteiger charge is -2.09. The van der Waals surface area contributed by atoms with Crippen molar-refractivity contribution >= 4 is 0 Å². The normalized spacial score (nSPS) is 10.8. The zero-order valence-corrected chi connectivity index (χ0v) is 6.92. The molecule has 0 saturated carbocycles. The van der Waals surface area contributed by atoms with Crippen molar-refractivity contribution in [3.05, 3.63) is 22.1 Å². The van der Waals surface area contributed by atoms with Crippen LogP contribution in [0.1, 0.15) is 5.56 Å². The fraction of sp³-hybridized carbons (Fsp3) is 0.143. The van der Waals surface area contributed by atoms with Crippen molar-refractivity contribution in [1.29, 1.82) is 5.26 Å². The Morgan fingerprint density at radius 1 is 1.53 bits per heavy atom. The van der Waals surface area contributed by atoms with Gasteiger partial charge in [0.05, 0.1) is 0 Å². The summed E-state index contributed by atoms with van der Waals surface area (Å²) < 4.78 is 38.8. The molecule has 1 rings (SSSR count). The molecule has 0 radical (unpaired) electrons. The predicted octanol–water partition coefficient (Wildman–Crippen LogP) is 0.851. The summed E-state index contributed by atoms with van der Waals surface area (Å²) in [5.41, 5.74) is -1.93. The van der Waals surface area contributed by atoms with Crippen LogP contribution in [-0.4, -0.2) is 16.5 Å². The Labute approximate surface area is 80.3 Å². The number of nitrogens with zero attached hydrogens (tertiary/aromatic N) is 1. The number of pyridine rings is 1. The fourth-order valence-corrected chi connectivity index (χ4v) is 0.815. The van der Waals surface area contributed by atoms with Crippen LogP contribution in [0.4, 0.5) is 13.2 Å². The SMILES string of the molecule is N#Cc1c(OC(F)(F)F)c[nH]c(=O)c1O. The van der Waals surface area contributed by atoms with Gasteiger partial charge in [0.15, 0.2) is 5.75 Å². The number of nitrogens with one attached hydrogen (secondary N) is 1. The molecule has 0 atom stereocenters. The zero-order chi connectivity index (χ0) is 11.6. The lowest BCUT2D eigenvalue weighted by molar-refractivity contribution is -0.274. The average Bonchev–Trinajstić information content (AvgIpc) is 2.10. The van der Waals surface area contributed by atoms with E-state index in [0.29, 0.717) is 6.20 Å². The second kappa shape index (κ2) is 3.53. The molecule has 0 bridgehead atoms. The first kappa shape index (κ1) is 10.9. The van der Waals surface area contributed by atoms with Crippen molar-refractivity contribution < 1.29 is 23.0 Å². The van der Waals surface area contributed by atoms with Gasteiger partial charge in [0, 0.05) is 6.20 Å². The van der Waals surface area contributed by atoms with Crippen LogP contribution in [0.15, 0.2) is 11.0 Å². The Bertz CT molecular complexity index is 472. The number of rotatable bonds is 1. The topological polar surface area (TPSA) is 86.1 Å². The summed E-state index contributed by atoms with van der Waals surface area (Å²) in [6.07, 6.45) is -4.45. The number of halogens is 3. The molecule has 8 heteroatoms. The van der Waals surface area contributed by atoms with Gasteiger partial charge in [-0.1, -0.05) is 0 Å². The number of ether oxygens (including phenoxy) is 1. The van der Waals surface area contributed by atoms with E-state index in [-0.39, 0.29) is 0 Å². The number of nitriles is 1. The molecule has 2 N–H and O–H groups in total. The van der Waals surface area contributed by atoms with E-state index in [4.69, 9.17) is 10.4 Å². The predicted molar refractivity (Wildman–Crippen MR) is 40.1 cm³/mol. The number of H-pyrrole nitrogens is 1. The van der Waals surface area contributed by atoms with Crippen molar-refractivity contribution in [2.45, 2.75) is 6.36 Å². The van der Waals surface area contributed by atoms with Gasteiger partial charge >= 0.3 is 6.36 Å². The van der Waals surface area contributed by atoms with Gasteiger partial charge in [-0.3, -0.25) is 4.79 Å². The summed E-state index contributed by atoms with van der Waals surface area (Å²) in [5, 5.41) is 17.4. The van der Waals surface area contributed by atoms with Crippen molar-refractivity contribution in [1.82, 2.24) is 4.98 Å². The van der Waals surface area contributed by atoms with Gasteiger partial charge in [0.25, 0.3) is 5.56 Å². The molecular weight excluding hydrogens is 217 g/mol. The number of alkyl halides is 3. The van der Waals surface area contributed by atoms with E-state index in [1.165, 1.54) is 6.07 Å². The van der Waals surface area contributed by atoms with Crippen LogP contribution in [0.25, 0.3) is 0 Å². The van der Waals surface area contributed by atoms with Gasteiger partial charge in [-0.15, -0.1) is 13.2 Å². The molecule has 0 aliphatic carbocycles. The third kappa shape index (κ3) is 2.40. The minimum Gasteiger partial charge on any atom is -0.502 e. The van der Waals surface area contributed by atoms with Gasteiger partial charge in [-0.05, 0) is 0 Å². The Hall–Kier alpha value is -2.17. The van der Waals surface area contributed by atoms with Crippen LogP contribution in [-0.2, 0) is 0 Å². The molecule has 80 valence electrons. The first-order chi connectivity index (χ1) is 6.85. The molecule has 1 heterocycles. The van der Waals surface area contributed by atoms with Crippen molar-refractivity contribution in [2.75, 3.05) is 0 Å². The number of aromatic nitrogens is 1. The third-order valence-corrected chi connectivity index (χ3v) is 1.37. The molecule has 1 aromatic heterocycles. The number of hydrogen-bond acceptors (Lipinski definition) is 4. The van der Waals surface area contributed by atoms with E-state index in [1.807, 2.05) is 0 Å².